The number of aliphatic hydroxyl groups excluding tert-OH is 1. The van der Waals surface area contributed by atoms with Gasteiger partial charge in [-0.15, -0.1) is 0 Å². The zero-order valence-electron chi connectivity index (χ0n) is 10.2. The fraction of sp³-hybridized carbons (Fsp3) is 0.462. The minimum atomic E-state index is -0.543. The van der Waals surface area contributed by atoms with E-state index < -0.39 is 11.7 Å². The Bertz CT molecular complexity index is 412. The molecule has 0 bridgehead atoms. The number of amides is 1. The number of hydrogen-bond donors (Lipinski definition) is 2. The van der Waals surface area contributed by atoms with Crippen LogP contribution in [0.3, 0.4) is 0 Å². The normalized spacial score (nSPS) is 12.2. The zero-order chi connectivity index (χ0) is 13.5. The summed E-state index contributed by atoms with van der Waals surface area (Å²) >= 11 is 3.04. The number of hydrogen-bond acceptors (Lipinski definition) is 2. The lowest BCUT2D eigenvalue weighted by Gasteiger charge is -2.09. The number of nitrogens with one attached hydrogen (secondary N) is 1. The molecule has 0 aliphatic rings. The smallest absolute Gasteiger partial charge is 0.254 e. The summed E-state index contributed by atoms with van der Waals surface area (Å²) in [5.74, 6) is -0.728. The summed E-state index contributed by atoms with van der Waals surface area (Å²) in [5, 5.41) is 11.5. The third-order valence-electron chi connectivity index (χ3n) is 2.67. The van der Waals surface area contributed by atoms with Crippen molar-refractivity contribution in [1.29, 1.82) is 0 Å². The number of benzene rings is 1. The van der Waals surface area contributed by atoms with E-state index in [1.54, 1.807) is 12.1 Å². The van der Waals surface area contributed by atoms with Crippen LogP contribution in [-0.2, 0) is 0 Å². The van der Waals surface area contributed by atoms with Crippen molar-refractivity contribution >= 4 is 21.8 Å². The second-order valence-corrected chi connectivity index (χ2v) is 5.14. The fourth-order valence-electron chi connectivity index (χ4n) is 1.52. The van der Waals surface area contributed by atoms with E-state index in [4.69, 9.17) is 5.11 Å². The molecule has 1 unspecified atom stereocenters. The van der Waals surface area contributed by atoms with Crippen molar-refractivity contribution < 1.29 is 14.3 Å². The summed E-state index contributed by atoms with van der Waals surface area (Å²) in [6.07, 6.45) is 1.60. The van der Waals surface area contributed by atoms with E-state index in [1.165, 1.54) is 6.07 Å². The van der Waals surface area contributed by atoms with Crippen molar-refractivity contribution in [2.24, 2.45) is 5.92 Å². The van der Waals surface area contributed by atoms with Crippen molar-refractivity contribution in [3.63, 3.8) is 0 Å². The minimum Gasteiger partial charge on any atom is -0.396 e. The first-order valence-corrected chi connectivity index (χ1v) is 6.68. The van der Waals surface area contributed by atoms with Gasteiger partial charge in [-0.1, -0.05) is 13.0 Å². The van der Waals surface area contributed by atoms with Crippen LogP contribution in [-0.4, -0.2) is 24.2 Å². The lowest BCUT2D eigenvalue weighted by molar-refractivity contribution is 0.0948. The molecule has 2 N–H and O–H groups in total. The number of rotatable bonds is 6. The molecule has 5 heteroatoms. The third kappa shape index (κ3) is 4.38. The van der Waals surface area contributed by atoms with Crippen molar-refractivity contribution in [2.45, 2.75) is 19.8 Å². The summed E-state index contributed by atoms with van der Waals surface area (Å²) in [4.78, 5) is 11.7. The first kappa shape index (κ1) is 15.1. The van der Waals surface area contributed by atoms with Crippen molar-refractivity contribution in [3.8, 4) is 0 Å². The Labute approximate surface area is 115 Å². The van der Waals surface area contributed by atoms with Gasteiger partial charge in [0.1, 0.15) is 5.82 Å². The van der Waals surface area contributed by atoms with E-state index in [0.717, 1.165) is 12.8 Å². The number of halogens is 2. The molecule has 0 aromatic heterocycles. The van der Waals surface area contributed by atoms with Gasteiger partial charge in [-0.25, -0.2) is 4.39 Å². The van der Waals surface area contributed by atoms with Crippen molar-refractivity contribution in [2.75, 3.05) is 13.2 Å². The van der Waals surface area contributed by atoms with Crippen LogP contribution in [0.5, 0.6) is 0 Å². The van der Waals surface area contributed by atoms with Gasteiger partial charge in [-0.05, 0) is 46.8 Å². The summed E-state index contributed by atoms with van der Waals surface area (Å²) in [5.41, 5.74) is 0.0413. The number of carbonyl (C=O) groups excluding carboxylic acids is 1. The van der Waals surface area contributed by atoms with Gasteiger partial charge in [0.25, 0.3) is 5.91 Å². The molecule has 0 saturated carbocycles. The van der Waals surface area contributed by atoms with Crippen LogP contribution in [0.1, 0.15) is 30.1 Å². The molecule has 0 aliphatic carbocycles. The van der Waals surface area contributed by atoms with Crippen molar-refractivity contribution in [1.82, 2.24) is 5.32 Å². The molecular weight excluding hydrogens is 301 g/mol. The molecule has 0 radical (unpaired) electrons. The average molecular weight is 318 g/mol. The molecule has 1 rings (SSSR count). The Morgan fingerprint density at radius 2 is 2.28 bits per heavy atom. The minimum absolute atomic E-state index is 0.0413. The largest absolute Gasteiger partial charge is 0.396 e. The Kier molecular flexibility index (Phi) is 6.29. The highest BCUT2D eigenvalue weighted by Gasteiger charge is 2.13. The summed E-state index contributed by atoms with van der Waals surface area (Å²) in [7, 11) is 0. The third-order valence-corrected chi connectivity index (χ3v) is 3.28. The first-order chi connectivity index (χ1) is 8.56. The Balaban J connectivity index is 2.44. The van der Waals surface area contributed by atoms with Gasteiger partial charge < -0.3 is 10.4 Å². The molecule has 3 nitrogen and oxygen atoms in total. The predicted molar refractivity (Wildman–Crippen MR) is 71.9 cm³/mol. The maximum Gasteiger partial charge on any atom is 0.254 e. The molecule has 0 aliphatic heterocycles. The average Bonchev–Trinajstić information content (AvgIpc) is 2.37. The second kappa shape index (κ2) is 7.48. The molecule has 1 atom stereocenters. The standard InChI is InChI=1S/C13H17BrFNO2/c1-9(8-17)4-3-7-16-13(18)10-5-2-6-11(14)12(10)15/h2,5-6,9,17H,3-4,7-8H2,1H3,(H,16,18). The lowest BCUT2D eigenvalue weighted by Crippen LogP contribution is -2.25. The van der Waals surface area contributed by atoms with E-state index in [1.807, 2.05) is 6.92 Å². The van der Waals surface area contributed by atoms with E-state index in [0.29, 0.717) is 6.54 Å². The zero-order valence-corrected chi connectivity index (χ0v) is 11.8. The van der Waals surface area contributed by atoms with Gasteiger partial charge in [0.05, 0.1) is 10.0 Å². The maximum absolute atomic E-state index is 13.6. The molecular formula is C13H17BrFNO2. The first-order valence-electron chi connectivity index (χ1n) is 5.89. The quantitative estimate of drug-likeness (QED) is 0.793. The molecule has 0 saturated heterocycles. The molecule has 0 heterocycles. The van der Waals surface area contributed by atoms with Crippen LogP contribution in [0, 0.1) is 11.7 Å². The lowest BCUT2D eigenvalue weighted by atomic mass is 10.1. The van der Waals surface area contributed by atoms with Crippen LogP contribution < -0.4 is 5.32 Å². The van der Waals surface area contributed by atoms with Gasteiger partial charge in [-0.3, -0.25) is 4.79 Å². The molecule has 1 aromatic rings. The van der Waals surface area contributed by atoms with Gasteiger partial charge >= 0.3 is 0 Å². The van der Waals surface area contributed by atoms with Gasteiger partial charge in [0.15, 0.2) is 0 Å². The highest BCUT2D eigenvalue weighted by molar-refractivity contribution is 9.10. The molecule has 0 spiro atoms. The Hall–Kier alpha value is -0.940. The molecule has 18 heavy (non-hydrogen) atoms. The molecule has 1 amide bonds. The van der Waals surface area contributed by atoms with Gasteiger partial charge in [-0.2, -0.15) is 0 Å². The second-order valence-electron chi connectivity index (χ2n) is 4.29. The Morgan fingerprint density at radius 1 is 1.56 bits per heavy atom. The maximum atomic E-state index is 13.6. The summed E-state index contributed by atoms with van der Waals surface area (Å²) in [6.45, 7) is 2.57. The fourth-order valence-corrected chi connectivity index (χ4v) is 1.88. The number of carbonyl (C=O) groups is 1. The highest BCUT2D eigenvalue weighted by atomic mass is 79.9. The van der Waals surface area contributed by atoms with Crippen LogP contribution in [0.4, 0.5) is 4.39 Å². The van der Waals surface area contributed by atoms with Crippen LogP contribution >= 0.6 is 15.9 Å². The SMILES string of the molecule is CC(CO)CCCNC(=O)c1cccc(Br)c1F. The number of aliphatic hydroxyl groups is 1. The van der Waals surface area contributed by atoms with E-state index in [9.17, 15) is 9.18 Å². The Morgan fingerprint density at radius 3 is 2.94 bits per heavy atom. The highest BCUT2D eigenvalue weighted by Crippen LogP contribution is 2.18. The summed E-state index contributed by atoms with van der Waals surface area (Å²) < 4.78 is 13.9. The van der Waals surface area contributed by atoms with E-state index >= 15 is 0 Å². The van der Waals surface area contributed by atoms with Crippen molar-refractivity contribution in [3.05, 3.63) is 34.1 Å². The van der Waals surface area contributed by atoms with E-state index in [-0.39, 0.29) is 22.6 Å². The van der Waals surface area contributed by atoms with E-state index in [2.05, 4.69) is 21.2 Å². The molecule has 0 fully saturated rings. The van der Waals surface area contributed by atoms with Crippen LogP contribution in [0.25, 0.3) is 0 Å². The summed E-state index contributed by atoms with van der Waals surface area (Å²) in [6, 6.07) is 4.62. The molecule has 1 aromatic carbocycles. The predicted octanol–water partition coefficient (Wildman–Crippen LogP) is 2.73. The van der Waals surface area contributed by atoms with Gasteiger partial charge in [0.2, 0.25) is 0 Å². The monoisotopic (exact) mass is 317 g/mol. The molecule has 100 valence electrons. The van der Waals surface area contributed by atoms with Crippen LogP contribution in [0.2, 0.25) is 0 Å². The topological polar surface area (TPSA) is 49.3 Å². The van der Waals surface area contributed by atoms with Gasteiger partial charge in [0, 0.05) is 13.2 Å². The van der Waals surface area contributed by atoms with Crippen LogP contribution in [0.15, 0.2) is 22.7 Å².